The molecule has 1 aromatic heterocycles. The monoisotopic (exact) mass is 347 g/mol. The smallest absolute Gasteiger partial charge is 0.387 e. The Kier molecular flexibility index (Phi) is 4.28. The summed E-state index contributed by atoms with van der Waals surface area (Å²) < 4.78 is 31.1. The molecule has 0 saturated heterocycles. The minimum Gasteiger partial charge on any atom is -0.434 e. The van der Waals surface area contributed by atoms with E-state index in [2.05, 4.69) is 25.7 Å². The van der Waals surface area contributed by atoms with E-state index in [0.717, 1.165) is 0 Å². The van der Waals surface area contributed by atoms with Crippen LogP contribution in [0.1, 0.15) is 5.56 Å². The zero-order valence-corrected chi connectivity index (χ0v) is 11.5. The third-order valence-corrected chi connectivity index (χ3v) is 2.89. The van der Waals surface area contributed by atoms with E-state index in [1.54, 1.807) is 12.1 Å². The highest BCUT2D eigenvalue weighted by Crippen LogP contribution is 2.26. The van der Waals surface area contributed by atoms with Crippen molar-refractivity contribution in [3.05, 3.63) is 50.9 Å². The molecule has 0 fully saturated rings. The number of imidazole rings is 1. The Morgan fingerprint density at radius 2 is 2.25 bits per heavy atom. The largest absolute Gasteiger partial charge is 0.434 e. The average Bonchev–Trinajstić information content (AvgIpc) is 2.81. The van der Waals surface area contributed by atoms with Gasteiger partial charge in [0.05, 0.1) is 6.54 Å². The lowest BCUT2D eigenvalue weighted by atomic mass is 10.2. The summed E-state index contributed by atoms with van der Waals surface area (Å²) in [5.41, 5.74) is 0.451. The molecule has 9 heteroatoms. The molecule has 20 heavy (non-hydrogen) atoms. The first-order chi connectivity index (χ1) is 9.45. The van der Waals surface area contributed by atoms with E-state index in [1.807, 2.05) is 0 Å². The topological polar surface area (TPSA) is 70.2 Å². The van der Waals surface area contributed by atoms with E-state index in [1.165, 1.54) is 23.2 Å². The van der Waals surface area contributed by atoms with Crippen molar-refractivity contribution in [3.63, 3.8) is 0 Å². The lowest BCUT2D eigenvalue weighted by molar-refractivity contribution is -0.389. The first-order valence-electron chi connectivity index (χ1n) is 5.35. The van der Waals surface area contributed by atoms with Crippen LogP contribution in [0.3, 0.4) is 0 Å². The van der Waals surface area contributed by atoms with Crippen LogP contribution in [0.15, 0.2) is 35.2 Å². The maximum atomic E-state index is 12.3. The van der Waals surface area contributed by atoms with Crippen LogP contribution < -0.4 is 4.74 Å². The molecule has 0 amide bonds. The summed E-state index contributed by atoms with van der Waals surface area (Å²) in [6.45, 7) is -2.81. The average molecular weight is 348 g/mol. The Hall–Kier alpha value is -2.03. The van der Waals surface area contributed by atoms with Gasteiger partial charge >= 0.3 is 12.4 Å². The summed E-state index contributed by atoms with van der Waals surface area (Å²) in [6, 6.07) is 4.57. The van der Waals surface area contributed by atoms with Crippen LogP contribution in [0, 0.1) is 10.1 Å². The van der Waals surface area contributed by atoms with Gasteiger partial charge in [0.1, 0.15) is 11.9 Å². The van der Waals surface area contributed by atoms with Crippen LogP contribution >= 0.6 is 15.9 Å². The third kappa shape index (κ3) is 3.50. The van der Waals surface area contributed by atoms with Crippen molar-refractivity contribution in [1.29, 1.82) is 0 Å². The number of rotatable bonds is 5. The van der Waals surface area contributed by atoms with Gasteiger partial charge < -0.3 is 19.4 Å². The van der Waals surface area contributed by atoms with Gasteiger partial charge in [-0.05, 0) is 28.1 Å². The minimum absolute atomic E-state index is 0.0135. The summed E-state index contributed by atoms with van der Waals surface area (Å²) in [5.74, 6) is -0.295. The Morgan fingerprint density at radius 3 is 2.85 bits per heavy atom. The molecule has 0 aliphatic carbocycles. The van der Waals surface area contributed by atoms with Gasteiger partial charge in [0.25, 0.3) is 0 Å². The van der Waals surface area contributed by atoms with Crippen molar-refractivity contribution < 1.29 is 18.4 Å². The van der Waals surface area contributed by atoms with Crippen LogP contribution in [0.4, 0.5) is 14.6 Å². The number of nitro groups is 1. The molecule has 0 bridgehead atoms. The summed E-state index contributed by atoms with van der Waals surface area (Å²) in [5, 5.41) is 10.5. The number of nitrogens with zero attached hydrogens (tertiary/aromatic N) is 3. The molecule has 0 aliphatic heterocycles. The third-order valence-electron chi connectivity index (χ3n) is 2.40. The molecule has 0 spiro atoms. The molecule has 0 aliphatic rings. The van der Waals surface area contributed by atoms with Gasteiger partial charge in [-0.3, -0.25) is 0 Å². The van der Waals surface area contributed by atoms with Gasteiger partial charge in [-0.15, -0.1) is 0 Å². The molecule has 0 radical (unpaired) electrons. The van der Waals surface area contributed by atoms with Gasteiger partial charge in [-0.25, -0.2) is 0 Å². The predicted octanol–water partition coefficient (Wildman–Crippen LogP) is 3.20. The van der Waals surface area contributed by atoms with Crippen molar-refractivity contribution in [1.82, 2.24) is 9.55 Å². The summed E-state index contributed by atoms with van der Waals surface area (Å²) in [4.78, 5) is 13.5. The summed E-state index contributed by atoms with van der Waals surface area (Å²) in [6.07, 6.45) is 2.47. The predicted molar refractivity (Wildman–Crippen MR) is 68.8 cm³/mol. The molecule has 0 atom stereocenters. The van der Waals surface area contributed by atoms with Crippen molar-refractivity contribution in [3.8, 4) is 5.75 Å². The second kappa shape index (κ2) is 5.95. The SMILES string of the molecule is O=[N+]([O-])c1cn(Cc2cc(Br)ccc2OC(F)F)cn1. The van der Waals surface area contributed by atoms with Gasteiger partial charge in [0, 0.05) is 10.0 Å². The number of benzene rings is 1. The number of ether oxygens (including phenoxy) is 1. The highest BCUT2D eigenvalue weighted by Gasteiger charge is 2.14. The van der Waals surface area contributed by atoms with Crippen molar-refractivity contribution in [2.45, 2.75) is 13.2 Å². The first-order valence-corrected chi connectivity index (χ1v) is 6.14. The molecular weight excluding hydrogens is 340 g/mol. The quantitative estimate of drug-likeness (QED) is 0.615. The van der Waals surface area contributed by atoms with Gasteiger partial charge in [-0.1, -0.05) is 15.9 Å². The molecule has 1 heterocycles. The van der Waals surface area contributed by atoms with Crippen LogP contribution in [-0.2, 0) is 6.54 Å². The van der Waals surface area contributed by atoms with E-state index in [9.17, 15) is 18.9 Å². The van der Waals surface area contributed by atoms with Crippen molar-refractivity contribution in [2.24, 2.45) is 0 Å². The molecule has 6 nitrogen and oxygen atoms in total. The molecule has 0 saturated carbocycles. The van der Waals surface area contributed by atoms with Crippen LogP contribution in [0.25, 0.3) is 0 Å². The number of hydrogen-bond acceptors (Lipinski definition) is 4. The number of aromatic nitrogens is 2. The Balaban J connectivity index is 2.26. The van der Waals surface area contributed by atoms with Gasteiger partial charge in [-0.2, -0.15) is 8.78 Å². The Morgan fingerprint density at radius 1 is 1.50 bits per heavy atom. The van der Waals surface area contributed by atoms with Gasteiger partial charge in [0.15, 0.2) is 0 Å². The van der Waals surface area contributed by atoms with Crippen LogP contribution in [0.5, 0.6) is 5.75 Å². The fraction of sp³-hybridized carbons (Fsp3) is 0.182. The zero-order valence-electron chi connectivity index (χ0n) is 9.87. The van der Waals surface area contributed by atoms with Crippen LogP contribution in [-0.4, -0.2) is 21.1 Å². The second-order valence-corrected chi connectivity index (χ2v) is 4.71. The number of halogens is 3. The number of alkyl halides is 2. The maximum Gasteiger partial charge on any atom is 0.387 e. The fourth-order valence-corrected chi connectivity index (χ4v) is 2.02. The highest BCUT2D eigenvalue weighted by atomic mass is 79.9. The molecule has 1 aromatic carbocycles. The maximum absolute atomic E-state index is 12.3. The molecule has 2 aromatic rings. The molecular formula is C11H8BrF2N3O3. The summed E-state index contributed by atoms with van der Waals surface area (Å²) in [7, 11) is 0. The normalized spacial score (nSPS) is 10.8. The van der Waals surface area contributed by atoms with E-state index in [-0.39, 0.29) is 18.1 Å². The van der Waals surface area contributed by atoms with Crippen molar-refractivity contribution in [2.75, 3.05) is 0 Å². The number of hydrogen-bond donors (Lipinski definition) is 0. The molecule has 106 valence electrons. The summed E-state index contributed by atoms with van der Waals surface area (Å²) >= 11 is 3.23. The lowest BCUT2D eigenvalue weighted by Crippen LogP contribution is -2.06. The van der Waals surface area contributed by atoms with E-state index < -0.39 is 11.5 Å². The van der Waals surface area contributed by atoms with Gasteiger partial charge in [0.2, 0.25) is 6.33 Å². The zero-order chi connectivity index (χ0) is 14.7. The van der Waals surface area contributed by atoms with E-state index >= 15 is 0 Å². The van der Waals surface area contributed by atoms with Crippen molar-refractivity contribution >= 4 is 21.7 Å². The molecule has 0 N–H and O–H groups in total. The second-order valence-electron chi connectivity index (χ2n) is 3.79. The van der Waals surface area contributed by atoms with E-state index in [4.69, 9.17) is 0 Å². The fourth-order valence-electron chi connectivity index (χ4n) is 1.61. The first kappa shape index (κ1) is 14.4. The minimum atomic E-state index is -2.94. The van der Waals surface area contributed by atoms with E-state index in [0.29, 0.717) is 10.0 Å². The highest BCUT2D eigenvalue weighted by molar-refractivity contribution is 9.10. The standard InChI is InChI=1S/C11H8BrF2N3O3/c12-8-1-2-9(20-11(13)14)7(3-8)4-16-5-10(15-6-16)17(18)19/h1-3,5-6,11H,4H2. The molecule has 0 unspecified atom stereocenters. The Labute approximate surface area is 120 Å². The lowest BCUT2D eigenvalue weighted by Gasteiger charge is -2.11. The Bertz CT molecular complexity index is 633. The van der Waals surface area contributed by atoms with Crippen LogP contribution in [0.2, 0.25) is 0 Å². The molecule has 2 rings (SSSR count).